The molecule has 0 radical (unpaired) electrons. The van der Waals surface area contributed by atoms with Gasteiger partial charge in [0.25, 0.3) is 0 Å². The molecule has 2 rings (SSSR count). The lowest BCUT2D eigenvalue weighted by Crippen LogP contribution is -2.38. The number of rotatable bonds is 6. The van der Waals surface area contributed by atoms with Crippen LogP contribution >= 0.6 is 0 Å². The third-order valence-electron chi connectivity index (χ3n) is 3.94. The second-order valence-corrected chi connectivity index (χ2v) is 5.94. The Morgan fingerprint density at radius 3 is 2.95 bits per heavy atom. The van der Waals surface area contributed by atoms with E-state index in [4.69, 9.17) is 0 Å². The molecule has 0 aromatic heterocycles. The average molecular weight is 260 g/mol. The van der Waals surface area contributed by atoms with E-state index >= 15 is 0 Å². The minimum atomic E-state index is 0.838. The average Bonchev–Trinajstić information content (AvgIpc) is 2.40. The van der Waals surface area contributed by atoms with Gasteiger partial charge >= 0.3 is 0 Å². The van der Waals surface area contributed by atoms with Crippen molar-refractivity contribution in [1.29, 1.82) is 0 Å². The van der Waals surface area contributed by atoms with Gasteiger partial charge in [-0.3, -0.25) is 4.90 Å². The van der Waals surface area contributed by atoms with Crippen LogP contribution in [0.15, 0.2) is 24.3 Å². The lowest BCUT2D eigenvalue weighted by atomic mass is 9.98. The fourth-order valence-electron chi connectivity index (χ4n) is 3.06. The maximum absolute atomic E-state index is 3.53. The number of piperidine rings is 1. The number of benzene rings is 1. The van der Waals surface area contributed by atoms with Gasteiger partial charge in [-0.25, -0.2) is 0 Å². The monoisotopic (exact) mass is 260 g/mol. The summed E-state index contributed by atoms with van der Waals surface area (Å²) in [6, 6.07) is 8.94. The van der Waals surface area contributed by atoms with Gasteiger partial charge < -0.3 is 5.32 Å². The van der Waals surface area contributed by atoms with E-state index in [0.29, 0.717) is 0 Å². The van der Waals surface area contributed by atoms with E-state index in [-0.39, 0.29) is 0 Å². The van der Waals surface area contributed by atoms with Gasteiger partial charge in [0.05, 0.1) is 0 Å². The first-order valence-electron chi connectivity index (χ1n) is 7.76. The number of aryl methyl sites for hydroxylation is 1. The summed E-state index contributed by atoms with van der Waals surface area (Å²) in [5.41, 5.74) is 2.82. The lowest BCUT2D eigenvalue weighted by Gasteiger charge is -2.30. The number of hydrogen-bond acceptors (Lipinski definition) is 2. The summed E-state index contributed by atoms with van der Waals surface area (Å²) in [4.78, 5) is 2.63. The van der Waals surface area contributed by atoms with Crippen LogP contribution in [0.4, 0.5) is 0 Å². The van der Waals surface area contributed by atoms with Gasteiger partial charge in [0.1, 0.15) is 0 Å². The van der Waals surface area contributed by atoms with Gasteiger partial charge in [-0.2, -0.15) is 0 Å². The van der Waals surface area contributed by atoms with Crippen molar-refractivity contribution in [3.8, 4) is 0 Å². The van der Waals surface area contributed by atoms with Gasteiger partial charge in [-0.05, 0) is 57.3 Å². The van der Waals surface area contributed by atoms with Crippen molar-refractivity contribution in [1.82, 2.24) is 10.2 Å². The molecule has 1 atom stereocenters. The van der Waals surface area contributed by atoms with E-state index in [9.17, 15) is 0 Å². The molecule has 0 aliphatic carbocycles. The molecular formula is C17H28N2. The molecule has 1 unspecified atom stereocenters. The Kier molecular flexibility index (Phi) is 5.87. The third-order valence-corrected chi connectivity index (χ3v) is 3.94. The highest BCUT2D eigenvalue weighted by Gasteiger charge is 2.16. The van der Waals surface area contributed by atoms with E-state index in [2.05, 4.69) is 48.3 Å². The number of nitrogens with zero attached hydrogens (tertiary/aromatic N) is 1. The Morgan fingerprint density at radius 1 is 1.37 bits per heavy atom. The minimum absolute atomic E-state index is 0.838. The SMILES string of the molecule is CCCN(Cc1cccc(C)c1)CC1CCCNC1. The molecule has 1 aliphatic heterocycles. The van der Waals surface area contributed by atoms with Gasteiger partial charge in [0.2, 0.25) is 0 Å². The predicted molar refractivity (Wildman–Crippen MR) is 82.3 cm³/mol. The fourth-order valence-corrected chi connectivity index (χ4v) is 3.06. The summed E-state index contributed by atoms with van der Waals surface area (Å²) in [6.45, 7) is 10.4. The lowest BCUT2D eigenvalue weighted by molar-refractivity contribution is 0.201. The molecule has 1 fully saturated rings. The second kappa shape index (κ2) is 7.66. The molecule has 1 aliphatic rings. The summed E-state index contributed by atoms with van der Waals surface area (Å²) in [5, 5.41) is 3.53. The number of hydrogen-bond donors (Lipinski definition) is 1. The van der Waals surface area contributed by atoms with Crippen LogP contribution < -0.4 is 5.32 Å². The topological polar surface area (TPSA) is 15.3 Å². The molecule has 1 aromatic rings. The van der Waals surface area contributed by atoms with Gasteiger partial charge in [0.15, 0.2) is 0 Å². The van der Waals surface area contributed by atoms with Crippen LogP contribution in [0, 0.1) is 12.8 Å². The van der Waals surface area contributed by atoms with Crippen LogP contribution in [0.3, 0.4) is 0 Å². The van der Waals surface area contributed by atoms with Crippen molar-refractivity contribution in [2.75, 3.05) is 26.2 Å². The van der Waals surface area contributed by atoms with Crippen LogP contribution in [-0.4, -0.2) is 31.1 Å². The van der Waals surface area contributed by atoms with Crippen molar-refractivity contribution in [3.05, 3.63) is 35.4 Å². The zero-order valence-corrected chi connectivity index (χ0v) is 12.5. The molecule has 0 saturated carbocycles. The quantitative estimate of drug-likeness (QED) is 0.845. The normalized spacial score (nSPS) is 19.8. The molecule has 1 N–H and O–H groups in total. The highest BCUT2D eigenvalue weighted by atomic mass is 15.1. The standard InChI is InChI=1S/C17H28N2/c1-3-10-19(14-17-8-5-9-18-12-17)13-16-7-4-6-15(2)11-16/h4,6-7,11,17-18H,3,5,8-10,12-14H2,1-2H3. The molecule has 1 saturated heterocycles. The first-order valence-corrected chi connectivity index (χ1v) is 7.76. The highest BCUT2D eigenvalue weighted by Crippen LogP contribution is 2.15. The third kappa shape index (κ3) is 4.96. The molecule has 1 heterocycles. The Bertz CT molecular complexity index is 369. The van der Waals surface area contributed by atoms with E-state index in [1.165, 1.54) is 56.6 Å². The zero-order chi connectivity index (χ0) is 13.5. The highest BCUT2D eigenvalue weighted by molar-refractivity contribution is 5.22. The Morgan fingerprint density at radius 2 is 2.26 bits per heavy atom. The summed E-state index contributed by atoms with van der Waals surface area (Å²) in [6.07, 6.45) is 3.97. The van der Waals surface area contributed by atoms with Crippen molar-refractivity contribution in [2.45, 2.75) is 39.7 Å². The summed E-state index contributed by atoms with van der Waals surface area (Å²) >= 11 is 0. The van der Waals surface area contributed by atoms with Crippen LogP contribution in [0.1, 0.15) is 37.3 Å². The van der Waals surface area contributed by atoms with Crippen LogP contribution in [0.5, 0.6) is 0 Å². The second-order valence-electron chi connectivity index (χ2n) is 5.94. The van der Waals surface area contributed by atoms with E-state index < -0.39 is 0 Å². The van der Waals surface area contributed by atoms with Gasteiger partial charge in [0, 0.05) is 13.1 Å². The zero-order valence-electron chi connectivity index (χ0n) is 12.5. The van der Waals surface area contributed by atoms with E-state index in [0.717, 1.165) is 12.5 Å². The molecule has 19 heavy (non-hydrogen) atoms. The van der Waals surface area contributed by atoms with Crippen molar-refractivity contribution >= 4 is 0 Å². The minimum Gasteiger partial charge on any atom is -0.316 e. The number of nitrogens with one attached hydrogen (secondary N) is 1. The van der Waals surface area contributed by atoms with Gasteiger partial charge in [-0.1, -0.05) is 36.8 Å². The van der Waals surface area contributed by atoms with Crippen LogP contribution in [0.2, 0.25) is 0 Å². The largest absolute Gasteiger partial charge is 0.316 e. The molecule has 0 bridgehead atoms. The smallest absolute Gasteiger partial charge is 0.0233 e. The summed E-state index contributed by atoms with van der Waals surface area (Å²) < 4.78 is 0. The van der Waals surface area contributed by atoms with Crippen molar-refractivity contribution < 1.29 is 0 Å². The van der Waals surface area contributed by atoms with E-state index in [1.807, 2.05) is 0 Å². The summed E-state index contributed by atoms with van der Waals surface area (Å²) in [5.74, 6) is 0.838. The fraction of sp³-hybridized carbons (Fsp3) is 0.647. The van der Waals surface area contributed by atoms with Crippen molar-refractivity contribution in [2.24, 2.45) is 5.92 Å². The first-order chi connectivity index (χ1) is 9.28. The molecule has 1 aromatic carbocycles. The van der Waals surface area contributed by atoms with Crippen LogP contribution in [0.25, 0.3) is 0 Å². The van der Waals surface area contributed by atoms with Crippen LogP contribution in [-0.2, 0) is 6.54 Å². The molecule has 106 valence electrons. The molecule has 0 amide bonds. The maximum Gasteiger partial charge on any atom is 0.0233 e. The molecular weight excluding hydrogens is 232 g/mol. The Balaban J connectivity index is 1.91. The maximum atomic E-state index is 3.53. The predicted octanol–water partition coefficient (Wildman–Crippen LogP) is 3.21. The van der Waals surface area contributed by atoms with Crippen molar-refractivity contribution in [3.63, 3.8) is 0 Å². The van der Waals surface area contributed by atoms with E-state index in [1.54, 1.807) is 0 Å². The van der Waals surface area contributed by atoms with Gasteiger partial charge in [-0.15, -0.1) is 0 Å². The Labute approximate surface area is 118 Å². The molecule has 2 nitrogen and oxygen atoms in total. The summed E-state index contributed by atoms with van der Waals surface area (Å²) in [7, 11) is 0. The molecule has 0 spiro atoms. The Hall–Kier alpha value is -0.860. The first kappa shape index (κ1) is 14.5. The molecule has 2 heteroatoms.